The third-order valence-corrected chi connectivity index (χ3v) is 5.70. The van der Waals surface area contributed by atoms with Crippen LogP contribution in [0.3, 0.4) is 0 Å². The summed E-state index contributed by atoms with van der Waals surface area (Å²) in [5.74, 6) is 1.48. The molecule has 2 saturated heterocycles. The lowest BCUT2D eigenvalue weighted by atomic mass is 9.93. The largest absolute Gasteiger partial charge is 0.342 e. The van der Waals surface area contributed by atoms with Gasteiger partial charge in [-0.15, -0.1) is 0 Å². The summed E-state index contributed by atoms with van der Waals surface area (Å²) in [6, 6.07) is 4.14. The molecule has 2 fully saturated rings. The molecular weight excluding hydrogens is 352 g/mol. The van der Waals surface area contributed by atoms with Crippen molar-refractivity contribution in [2.45, 2.75) is 38.0 Å². The number of nitrogens with zero attached hydrogens (tertiary/aromatic N) is 5. The lowest BCUT2D eigenvalue weighted by Gasteiger charge is -2.34. The third-order valence-electron chi connectivity index (χ3n) is 5.70. The maximum Gasteiger partial charge on any atom is 0.236 e. The van der Waals surface area contributed by atoms with Crippen LogP contribution in [0, 0.1) is 0 Å². The van der Waals surface area contributed by atoms with Crippen molar-refractivity contribution < 1.29 is 4.79 Å². The molecular formula is C21H28N6O. The molecule has 0 atom stereocenters. The van der Waals surface area contributed by atoms with Gasteiger partial charge in [-0.05, 0) is 57.3 Å². The van der Waals surface area contributed by atoms with Gasteiger partial charge in [-0.25, -0.2) is 4.98 Å². The van der Waals surface area contributed by atoms with Crippen molar-refractivity contribution in [3.63, 3.8) is 0 Å². The zero-order chi connectivity index (χ0) is 19.2. The first-order valence-corrected chi connectivity index (χ1v) is 10.3. The lowest BCUT2D eigenvalue weighted by Crippen LogP contribution is -2.44. The van der Waals surface area contributed by atoms with Gasteiger partial charge >= 0.3 is 0 Å². The Kier molecular flexibility index (Phi) is 6.11. The van der Waals surface area contributed by atoms with E-state index in [1.165, 1.54) is 6.42 Å². The second-order valence-corrected chi connectivity index (χ2v) is 7.68. The highest BCUT2D eigenvalue weighted by molar-refractivity contribution is 5.78. The summed E-state index contributed by atoms with van der Waals surface area (Å²) < 4.78 is 0. The van der Waals surface area contributed by atoms with Crippen molar-refractivity contribution in [2.75, 3.05) is 38.0 Å². The molecule has 0 saturated carbocycles. The fourth-order valence-electron chi connectivity index (χ4n) is 4.05. The second-order valence-electron chi connectivity index (χ2n) is 7.68. The molecule has 7 nitrogen and oxygen atoms in total. The Morgan fingerprint density at radius 1 is 1.00 bits per heavy atom. The fraction of sp³-hybridized carbons (Fsp3) is 0.524. The SMILES string of the molecule is O=C(CN1CCC(c2ccc(Nc3cnccn3)cn2)CC1)N1CCCCC1. The standard InChI is InChI=1S/C21H28N6O/c28-21(27-10-2-1-3-11-27)16-26-12-6-17(7-13-26)19-5-4-18(14-24-19)25-20-15-22-8-9-23-20/h4-5,8-9,14-15,17H,1-3,6-7,10-13,16H2,(H,23,25). The van der Waals surface area contributed by atoms with Crippen molar-refractivity contribution in [1.29, 1.82) is 0 Å². The summed E-state index contributed by atoms with van der Waals surface area (Å²) in [4.78, 5) is 29.7. The van der Waals surface area contributed by atoms with E-state index in [2.05, 4.69) is 31.2 Å². The minimum atomic E-state index is 0.302. The molecule has 0 radical (unpaired) electrons. The van der Waals surface area contributed by atoms with Crippen LogP contribution in [0.5, 0.6) is 0 Å². The number of aromatic nitrogens is 3. The number of carbonyl (C=O) groups excluding carboxylic acids is 1. The molecule has 0 unspecified atom stereocenters. The lowest BCUT2D eigenvalue weighted by molar-refractivity contribution is -0.133. The number of nitrogens with one attached hydrogen (secondary N) is 1. The van der Waals surface area contributed by atoms with Gasteiger partial charge in [0.05, 0.1) is 24.6 Å². The molecule has 0 spiro atoms. The number of pyridine rings is 1. The number of carbonyl (C=O) groups is 1. The van der Waals surface area contributed by atoms with Crippen LogP contribution >= 0.6 is 0 Å². The average molecular weight is 380 g/mol. The van der Waals surface area contributed by atoms with Gasteiger partial charge < -0.3 is 10.2 Å². The first-order chi connectivity index (χ1) is 13.8. The molecule has 28 heavy (non-hydrogen) atoms. The first-order valence-electron chi connectivity index (χ1n) is 10.3. The molecule has 2 aromatic heterocycles. The van der Waals surface area contributed by atoms with E-state index in [4.69, 9.17) is 0 Å². The van der Waals surface area contributed by atoms with Crippen LogP contribution in [0.15, 0.2) is 36.9 Å². The number of rotatable bonds is 5. The van der Waals surface area contributed by atoms with Crippen molar-refractivity contribution in [1.82, 2.24) is 24.8 Å². The molecule has 7 heteroatoms. The molecule has 0 bridgehead atoms. The van der Waals surface area contributed by atoms with Crippen molar-refractivity contribution in [3.05, 3.63) is 42.6 Å². The number of piperidine rings is 2. The highest BCUT2D eigenvalue weighted by atomic mass is 16.2. The van der Waals surface area contributed by atoms with E-state index >= 15 is 0 Å². The molecule has 4 heterocycles. The van der Waals surface area contributed by atoms with E-state index < -0.39 is 0 Å². The molecule has 148 valence electrons. The third kappa shape index (κ3) is 4.84. The monoisotopic (exact) mass is 380 g/mol. The molecule has 4 rings (SSSR count). The molecule has 0 aromatic carbocycles. The summed E-state index contributed by atoms with van der Waals surface area (Å²) in [7, 11) is 0. The van der Waals surface area contributed by atoms with Crippen molar-refractivity contribution in [3.8, 4) is 0 Å². The Balaban J connectivity index is 1.26. The van der Waals surface area contributed by atoms with Crippen LogP contribution in [0.1, 0.15) is 43.7 Å². The number of likely N-dealkylation sites (tertiary alicyclic amines) is 2. The van der Waals surface area contributed by atoms with E-state index in [9.17, 15) is 4.79 Å². The number of amides is 1. The van der Waals surface area contributed by atoms with E-state index in [0.29, 0.717) is 24.2 Å². The molecule has 2 aliphatic rings. The van der Waals surface area contributed by atoms with Crippen LogP contribution in [0.2, 0.25) is 0 Å². The van der Waals surface area contributed by atoms with Gasteiger partial charge in [0.1, 0.15) is 5.82 Å². The number of anilines is 2. The summed E-state index contributed by atoms with van der Waals surface area (Å²) >= 11 is 0. The normalized spacial score (nSPS) is 18.8. The molecule has 2 aromatic rings. The quantitative estimate of drug-likeness (QED) is 0.860. The molecule has 1 amide bonds. The van der Waals surface area contributed by atoms with Gasteiger partial charge in [0.2, 0.25) is 5.91 Å². The van der Waals surface area contributed by atoms with Gasteiger partial charge in [-0.1, -0.05) is 0 Å². The van der Waals surface area contributed by atoms with Crippen LogP contribution in [-0.2, 0) is 4.79 Å². The van der Waals surface area contributed by atoms with Gasteiger partial charge in [-0.3, -0.25) is 19.7 Å². The fourth-order valence-corrected chi connectivity index (χ4v) is 4.05. The summed E-state index contributed by atoms with van der Waals surface area (Å²) in [6.07, 6.45) is 12.5. The first kappa shape index (κ1) is 18.8. The van der Waals surface area contributed by atoms with Gasteiger partial charge in [0.25, 0.3) is 0 Å². The Labute approximate surface area is 166 Å². The molecule has 2 aliphatic heterocycles. The zero-order valence-corrected chi connectivity index (χ0v) is 16.3. The molecule has 0 aliphatic carbocycles. The van der Waals surface area contributed by atoms with Gasteiger partial charge in [0, 0.05) is 37.1 Å². The van der Waals surface area contributed by atoms with Crippen molar-refractivity contribution in [2.24, 2.45) is 0 Å². The van der Waals surface area contributed by atoms with Gasteiger partial charge in [-0.2, -0.15) is 0 Å². The predicted molar refractivity (Wildman–Crippen MR) is 108 cm³/mol. The van der Waals surface area contributed by atoms with E-state index in [1.807, 2.05) is 17.2 Å². The Morgan fingerprint density at radius 3 is 2.50 bits per heavy atom. The highest BCUT2D eigenvalue weighted by Crippen LogP contribution is 2.27. The van der Waals surface area contributed by atoms with Crippen LogP contribution in [0.4, 0.5) is 11.5 Å². The summed E-state index contributed by atoms with van der Waals surface area (Å²) in [5, 5.41) is 3.21. The number of hydrogen-bond acceptors (Lipinski definition) is 6. The maximum absolute atomic E-state index is 12.5. The minimum Gasteiger partial charge on any atom is -0.342 e. The maximum atomic E-state index is 12.5. The Bertz CT molecular complexity index is 752. The van der Waals surface area contributed by atoms with E-state index in [0.717, 1.165) is 63.2 Å². The van der Waals surface area contributed by atoms with Crippen molar-refractivity contribution >= 4 is 17.4 Å². The average Bonchev–Trinajstić information content (AvgIpc) is 2.76. The summed E-state index contributed by atoms with van der Waals surface area (Å²) in [5.41, 5.74) is 2.04. The minimum absolute atomic E-state index is 0.302. The van der Waals surface area contributed by atoms with E-state index in [-0.39, 0.29) is 0 Å². The zero-order valence-electron chi connectivity index (χ0n) is 16.3. The van der Waals surface area contributed by atoms with Crippen LogP contribution < -0.4 is 5.32 Å². The Hall–Kier alpha value is -2.54. The summed E-state index contributed by atoms with van der Waals surface area (Å²) in [6.45, 7) is 4.38. The van der Waals surface area contributed by atoms with Gasteiger partial charge in [0.15, 0.2) is 0 Å². The van der Waals surface area contributed by atoms with E-state index in [1.54, 1.807) is 18.6 Å². The highest BCUT2D eigenvalue weighted by Gasteiger charge is 2.25. The topological polar surface area (TPSA) is 74.2 Å². The smallest absolute Gasteiger partial charge is 0.236 e. The second kappa shape index (κ2) is 9.10. The predicted octanol–water partition coefficient (Wildman–Crippen LogP) is 2.81. The Morgan fingerprint density at radius 2 is 1.82 bits per heavy atom. The number of hydrogen-bond donors (Lipinski definition) is 1. The van der Waals surface area contributed by atoms with Crippen LogP contribution in [0.25, 0.3) is 0 Å². The van der Waals surface area contributed by atoms with Crippen LogP contribution in [-0.4, -0.2) is 63.4 Å². The molecule has 1 N–H and O–H groups in total.